The van der Waals surface area contributed by atoms with Crippen LogP contribution < -0.4 is 5.32 Å². The monoisotopic (exact) mass is 431 g/mol. The maximum Gasteiger partial charge on any atom is 0.358 e. The highest BCUT2D eigenvalue weighted by Gasteiger charge is 2.18. The topological polar surface area (TPSA) is 108 Å². The number of ether oxygens (including phenoxy) is 2. The predicted octanol–water partition coefficient (Wildman–Crippen LogP) is 3.06. The zero-order chi connectivity index (χ0) is 22.5. The third-order valence-corrected chi connectivity index (χ3v) is 5.00. The van der Waals surface area contributed by atoms with Gasteiger partial charge >= 0.3 is 5.97 Å². The first-order valence-electron chi connectivity index (χ1n) is 9.84. The molecule has 2 heterocycles. The van der Waals surface area contributed by atoms with Crippen molar-refractivity contribution in [3.8, 4) is 0 Å². The Bertz CT molecular complexity index is 1280. The number of hydrogen-bond acceptors (Lipinski definition) is 7. The number of anilines is 1. The summed E-state index contributed by atoms with van der Waals surface area (Å²) in [5.41, 5.74) is 2.63. The Morgan fingerprint density at radius 3 is 2.62 bits per heavy atom. The number of carbonyl (C=O) groups excluding carboxylic acids is 2. The molecule has 4 rings (SSSR count). The van der Waals surface area contributed by atoms with E-state index in [1.165, 1.54) is 13.3 Å². The molecule has 0 radical (unpaired) electrons. The van der Waals surface area contributed by atoms with Crippen LogP contribution in [0.25, 0.3) is 10.8 Å². The minimum absolute atomic E-state index is 0.0427. The van der Waals surface area contributed by atoms with E-state index in [2.05, 4.69) is 20.6 Å². The largest absolute Gasteiger partial charge is 0.464 e. The van der Waals surface area contributed by atoms with Crippen LogP contribution in [-0.2, 0) is 22.6 Å². The molecule has 9 nitrogen and oxygen atoms in total. The molecule has 0 aliphatic carbocycles. The van der Waals surface area contributed by atoms with Gasteiger partial charge in [0.05, 0.1) is 37.8 Å². The molecule has 0 saturated carbocycles. The molecular weight excluding hydrogens is 410 g/mol. The smallest absolute Gasteiger partial charge is 0.358 e. The van der Waals surface area contributed by atoms with E-state index >= 15 is 0 Å². The van der Waals surface area contributed by atoms with Gasteiger partial charge in [-0.15, -0.1) is 5.10 Å². The molecule has 0 aliphatic heterocycles. The molecule has 1 N–H and O–H groups in total. The van der Waals surface area contributed by atoms with Crippen molar-refractivity contribution in [2.45, 2.75) is 13.2 Å². The zero-order valence-electron chi connectivity index (χ0n) is 17.6. The van der Waals surface area contributed by atoms with E-state index in [0.717, 1.165) is 22.0 Å². The van der Waals surface area contributed by atoms with Crippen LogP contribution in [0, 0.1) is 0 Å². The summed E-state index contributed by atoms with van der Waals surface area (Å²) >= 11 is 0. The number of pyridine rings is 1. The Morgan fingerprint density at radius 1 is 1.03 bits per heavy atom. The van der Waals surface area contributed by atoms with Crippen LogP contribution in [0.2, 0.25) is 0 Å². The summed E-state index contributed by atoms with van der Waals surface area (Å²) in [7, 11) is 2.88. The van der Waals surface area contributed by atoms with Gasteiger partial charge in [0.2, 0.25) is 0 Å². The summed E-state index contributed by atoms with van der Waals surface area (Å²) in [5.74, 6) is -0.979. The van der Waals surface area contributed by atoms with E-state index in [-0.39, 0.29) is 17.3 Å². The number of esters is 1. The fraction of sp³-hybridized carbons (Fsp3) is 0.174. The number of hydrogen-bond donors (Lipinski definition) is 1. The standard InChI is InChI=1S/C23H21N5O4/c1-31-14-16-12-25-27-28(16)13-15-9-10-19(18-7-4-3-6-17(15)18)22(29)26-20-8-5-11-24-21(20)23(30)32-2/h3-12H,13-14H2,1-2H3,(H,26,29). The summed E-state index contributed by atoms with van der Waals surface area (Å²) in [4.78, 5) is 29.1. The molecule has 4 aromatic rings. The zero-order valence-corrected chi connectivity index (χ0v) is 17.6. The van der Waals surface area contributed by atoms with Gasteiger partial charge in [-0.1, -0.05) is 35.5 Å². The maximum atomic E-state index is 13.1. The highest BCUT2D eigenvalue weighted by Crippen LogP contribution is 2.25. The minimum atomic E-state index is -0.624. The summed E-state index contributed by atoms with van der Waals surface area (Å²) in [6.45, 7) is 0.884. The van der Waals surface area contributed by atoms with E-state index in [0.29, 0.717) is 18.7 Å². The number of rotatable bonds is 7. The molecule has 0 bridgehead atoms. The second-order valence-corrected chi connectivity index (χ2v) is 6.98. The number of methoxy groups -OCH3 is 2. The van der Waals surface area contributed by atoms with Crippen molar-refractivity contribution in [1.82, 2.24) is 20.0 Å². The average molecular weight is 431 g/mol. The Hall–Kier alpha value is -4.11. The lowest BCUT2D eigenvalue weighted by Gasteiger charge is -2.13. The van der Waals surface area contributed by atoms with Gasteiger partial charge in [0.1, 0.15) is 0 Å². The quantitative estimate of drug-likeness (QED) is 0.448. The molecule has 1 amide bonds. The Balaban J connectivity index is 1.68. The van der Waals surface area contributed by atoms with Gasteiger partial charge in [0.25, 0.3) is 5.91 Å². The average Bonchev–Trinajstić information content (AvgIpc) is 3.26. The Morgan fingerprint density at radius 2 is 1.84 bits per heavy atom. The van der Waals surface area contributed by atoms with E-state index in [1.54, 1.807) is 36.2 Å². The number of aromatic nitrogens is 4. The molecule has 32 heavy (non-hydrogen) atoms. The minimum Gasteiger partial charge on any atom is -0.464 e. The lowest BCUT2D eigenvalue weighted by molar-refractivity contribution is 0.0595. The summed E-state index contributed by atoms with van der Waals surface area (Å²) in [5, 5.41) is 12.6. The summed E-state index contributed by atoms with van der Waals surface area (Å²) in [6.07, 6.45) is 3.13. The van der Waals surface area contributed by atoms with Crippen LogP contribution in [0.5, 0.6) is 0 Å². The SMILES string of the molecule is COCc1cnnn1Cc1ccc(C(=O)Nc2cccnc2C(=O)OC)c2ccccc12. The number of amides is 1. The predicted molar refractivity (Wildman–Crippen MR) is 117 cm³/mol. The third-order valence-electron chi connectivity index (χ3n) is 5.00. The molecule has 9 heteroatoms. The van der Waals surface area contributed by atoms with Crippen molar-refractivity contribution in [2.75, 3.05) is 19.5 Å². The van der Waals surface area contributed by atoms with Crippen molar-refractivity contribution < 1.29 is 19.1 Å². The van der Waals surface area contributed by atoms with Gasteiger partial charge in [-0.05, 0) is 34.5 Å². The van der Waals surface area contributed by atoms with E-state index < -0.39 is 5.97 Å². The second-order valence-electron chi connectivity index (χ2n) is 6.98. The molecular formula is C23H21N5O4. The van der Waals surface area contributed by atoms with Crippen LogP contribution in [0.1, 0.15) is 32.1 Å². The van der Waals surface area contributed by atoms with E-state index in [9.17, 15) is 9.59 Å². The van der Waals surface area contributed by atoms with Gasteiger partial charge in [-0.2, -0.15) is 0 Å². The van der Waals surface area contributed by atoms with E-state index in [4.69, 9.17) is 9.47 Å². The molecule has 0 unspecified atom stereocenters. The first kappa shape index (κ1) is 21.1. The van der Waals surface area contributed by atoms with Crippen LogP contribution in [0.15, 0.2) is 60.9 Å². The molecule has 0 aliphatic rings. The van der Waals surface area contributed by atoms with Crippen LogP contribution in [0.4, 0.5) is 5.69 Å². The van der Waals surface area contributed by atoms with Gasteiger partial charge in [-0.25, -0.2) is 14.5 Å². The first-order valence-corrected chi connectivity index (χ1v) is 9.84. The Labute approximate surface area is 184 Å². The van der Waals surface area contributed by atoms with Gasteiger partial charge < -0.3 is 14.8 Å². The highest BCUT2D eigenvalue weighted by atomic mass is 16.5. The van der Waals surface area contributed by atoms with Crippen LogP contribution in [0.3, 0.4) is 0 Å². The van der Waals surface area contributed by atoms with Crippen molar-refractivity contribution in [2.24, 2.45) is 0 Å². The van der Waals surface area contributed by atoms with Crippen molar-refractivity contribution in [3.05, 3.63) is 83.4 Å². The summed E-state index contributed by atoms with van der Waals surface area (Å²) < 4.78 is 11.7. The number of carbonyl (C=O) groups is 2. The van der Waals surface area contributed by atoms with E-state index in [1.807, 2.05) is 30.3 Å². The lowest BCUT2D eigenvalue weighted by Crippen LogP contribution is -2.17. The fourth-order valence-corrected chi connectivity index (χ4v) is 3.49. The molecule has 0 saturated heterocycles. The van der Waals surface area contributed by atoms with Gasteiger partial charge in [0, 0.05) is 18.9 Å². The number of fused-ring (bicyclic) bond motifs is 1. The van der Waals surface area contributed by atoms with Gasteiger partial charge in [0.15, 0.2) is 5.69 Å². The Kier molecular flexibility index (Phi) is 6.18. The number of nitrogens with zero attached hydrogens (tertiary/aromatic N) is 4. The number of nitrogens with one attached hydrogen (secondary N) is 1. The van der Waals surface area contributed by atoms with Crippen LogP contribution >= 0.6 is 0 Å². The maximum absolute atomic E-state index is 13.1. The van der Waals surface area contributed by atoms with Crippen molar-refractivity contribution in [3.63, 3.8) is 0 Å². The molecule has 0 atom stereocenters. The van der Waals surface area contributed by atoms with Crippen molar-refractivity contribution >= 4 is 28.3 Å². The van der Waals surface area contributed by atoms with Gasteiger partial charge in [-0.3, -0.25) is 4.79 Å². The molecule has 2 aromatic carbocycles. The second kappa shape index (κ2) is 9.36. The normalized spacial score (nSPS) is 10.8. The molecule has 162 valence electrons. The molecule has 2 aromatic heterocycles. The van der Waals surface area contributed by atoms with Crippen molar-refractivity contribution in [1.29, 1.82) is 0 Å². The van der Waals surface area contributed by atoms with Crippen LogP contribution in [-0.4, -0.2) is 46.1 Å². The molecule has 0 fully saturated rings. The lowest BCUT2D eigenvalue weighted by atomic mass is 9.99. The highest BCUT2D eigenvalue weighted by molar-refractivity contribution is 6.14. The summed E-state index contributed by atoms with van der Waals surface area (Å²) in [6, 6.07) is 14.5. The third kappa shape index (κ3) is 4.19. The first-order chi connectivity index (χ1) is 15.6. The fourth-order valence-electron chi connectivity index (χ4n) is 3.49. The number of benzene rings is 2. The molecule has 0 spiro atoms.